The summed E-state index contributed by atoms with van der Waals surface area (Å²) >= 11 is 0. The maximum atomic E-state index is 13.8. The Morgan fingerprint density at radius 1 is 1.26 bits per heavy atom. The average molecular weight is 479 g/mol. The maximum Gasteiger partial charge on any atom is 0.416 e. The van der Waals surface area contributed by atoms with Crippen LogP contribution >= 0.6 is 0 Å². The summed E-state index contributed by atoms with van der Waals surface area (Å²) in [6.07, 6.45) is 4.64. The molecule has 0 saturated carbocycles. The molecule has 0 radical (unpaired) electrons. The molecular formula is C24H29F3N4O3. The Labute approximate surface area is 196 Å². The summed E-state index contributed by atoms with van der Waals surface area (Å²) in [6.45, 7) is 5.64. The molecular weight excluding hydrogens is 449 g/mol. The van der Waals surface area contributed by atoms with Crippen LogP contribution in [-0.2, 0) is 9.59 Å². The summed E-state index contributed by atoms with van der Waals surface area (Å²) < 4.78 is 41.5. The van der Waals surface area contributed by atoms with Gasteiger partial charge in [-0.1, -0.05) is 19.9 Å². The van der Waals surface area contributed by atoms with Gasteiger partial charge < -0.3 is 20.6 Å². The summed E-state index contributed by atoms with van der Waals surface area (Å²) in [4.78, 5) is 26.1. The first-order chi connectivity index (χ1) is 15.9. The number of halogens is 3. The van der Waals surface area contributed by atoms with Crippen LogP contribution in [0, 0.1) is 11.3 Å². The third-order valence-electron chi connectivity index (χ3n) is 6.89. The Morgan fingerprint density at radius 2 is 1.97 bits per heavy atom. The van der Waals surface area contributed by atoms with E-state index in [0.29, 0.717) is 24.4 Å². The highest BCUT2D eigenvalue weighted by Gasteiger charge is 2.43. The number of piperidine rings is 1. The van der Waals surface area contributed by atoms with Crippen molar-refractivity contribution in [1.29, 1.82) is 0 Å². The van der Waals surface area contributed by atoms with Crippen molar-refractivity contribution in [2.75, 3.05) is 19.6 Å². The molecule has 3 atom stereocenters. The number of hydrogen-bond donors (Lipinski definition) is 4. The number of aliphatic carboxylic acids is 1. The molecule has 3 aliphatic heterocycles. The van der Waals surface area contributed by atoms with Gasteiger partial charge in [0, 0.05) is 37.3 Å². The molecule has 1 saturated heterocycles. The molecule has 34 heavy (non-hydrogen) atoms. The van der Waals surface area contributed by atoms with Gasteiger partial charge in [-0.15, -0.1) is 0 Å². The number of carboxylic acid groups (broad SMARTS) is 1. The largest absolute Gasteiger partial charge is 0.478 e. The monoisotopic (exact) mass is 478 g/mol. The van der Waals surface area contributed by atoms with Gasteiger partial charge in [0.2, 0.25) is 5.91 Å². The lowest BCUT2D eigenvalue weighted by Crippen LogP contribution is -2.53. The Morgan fingerprint density at radius 3 is 2.62 bits per heavy atom. The van der Waals surface area contributed by atoms with E-state index in [4.69, 9.17) is 0 Å². The van der Waals surface area contributed by atoms with Gasteiger partial charge in [0.05, 0.1) is 17.2 Å². The van der Waals surface area contributed by atoms with Crippen LogP contribution in [0.5, 0.6) is 0 Å². The molecule has 0 aromatic heterocycles. The fourth-order valence-electron chi connectivity index (χ4n) is 4.80. The van der Waals surface area contributed by atoms with Gasteiger partial charge in [0.25, 0.3) is 0 Å². The fourth-order valence-corrected chi connectivity index (χ4v) is 4.80. The molecule has 0 spiro atoms. The number of rotatable bonds is 5. The van der Waals surface area contributed by atoms with Crippen molar-refractivity contribution in [2.45, 2.75) is 45.1 Å². The Bertz CT molecular complexity index is 1010. The number of dihydropyridines is 1. The summed E-state index contributed by atoms with van der Waals surface area (Å²) in [5.74, 6) is -2.14. The van der Waals surface area contributed by atoms with E-state index in [0.717, 1.165) is 18.9 Å². The second-order valence-corrected chi connectivity index (χ2v) is 9.84. The minimum absolute atomic E-state index is 0.0364. The van der Waals surface area contributed by atoms with E-state index in [1.165, 1.54) is 18.2 Å². The highest BCUT2D eigenvalue weighted by molar-refractivity contribution is 5.90. The number of fused-ring (bicyclic) bond motifs is 1. The topological polar surface area (TPSA) is 93.7 Å². The fraction of sp³-hybridized carbons (Fsp3) is 0.500. The Kier molecular flexibility index (Phi) is 6.37. The molecule has 10 heteroatoms. The highest BCUT2D eigenvalue weighted by atomic mass is 19.4. The number of likely N-dealkylation sites (tertiary alicyclic amines) is 1. The van der Waals surface area contributed by atoms with Gasteiger partial charge in [-0.05, 0) is 48.3 Å². The van der Waals surface area contributed by atoms with Crippen molar-refractivity contribution in [3.63, 3.8) is 0 Å². The van der Waals surface area contributed by atoms with E-state index in [1.807, 2.05) is 4.90 Å². The van der Waals surface area contributed by atoms with E-state index >= 15 is 0 Å². The molecule has 0 aromatic rings. The molecule has 184 valence electrons. The van der Waals surface area contributed by atoms with E-state index in [2.05, 4.69) is 29.8 Å². The van der Waals surface area contributed by atoms with Crippen LogP contribution in [0.1, 0.15) is 26.7 Å². The standard InChI is InChI=1S/C24H29F3N4O3/c1-23(2)5-8-31(9-6-23)18-12-19(32)30-20-14(10-15(11-17(18)20)24(25,26)27)13-29-21-16(22(33)34)4-3-7-28-21/h3-4,7,10-12,17,20-21,28-29H,5-6,8-9,13H2,1-2H3,(H,30,32)(H,33,34). The highest BCUT2D eigenvalue weighted by Crippen LogP contribution is 2.40. The van der Waals surface area contributed by atoms with Gasteiger partial charge in [-0.2, -0.15) is 13.2 Å². The van der Waals surface area contributed by atoms with Crippen molar-refractivity contribution < 1.29 is 27.9 Å². The van der Waals surface area contributed by atoms with Crippen LogP contribution in [0.25, 0.3) is 0 Å². The number of carbonyl (C=O) groups excluding carboxylic acids is 1. The SMILES string of the molecule is CC1(C)CCN(C2=CC(=O)NC3C(CNC4NC=CC=C4C(=O)O)=CC(C(F)(F)F)=CC23)CC1. The Hall–Kier alpha value is -3.01. The molecule has 4 aliphatic rings. The second kappa shape index (κ2) is 8.98. The average Bonchev–Trinajstić information content (AvgIpc) is 2.76. The van der Waals surface area contributed by atoms with Crippen molar-refractivity contribution >= 4 is 11.9 Å². The maximum absolute atomic E-state index is 13.8. The predicted octanol–water partition coefficient (Wildman–Crippen LogP) is 2.58. The molecule has 4 N–H and O–H groups in total. The van der Waals surface area contributed by atoms with Crippen LogP contribution in [0.2, 0.25) is 0 Å². The predicted molar refractivity (Wildman–Crippen MR) is 120 cm³/mol. The number of hydrogen-bond acceptors (Lipinski definition) is 5. The molecule has 0 aromatic carbocycles. The molecule has 0 bridgehead atoms. The third kappa shape index (κ3) is 5.06. The van der Waals surface area contributed by atoms with Crippen LogP contribution in [-0.4, -0.2) is 59.9 Å². The zero-order valence-electron chi connectivity index (χ0n) is 19.1. The van der Waals surface area contributed by atoms with Crippen LogP contribution < -0.4 is 16.0 Å². The van der Waals surface area contributed by atoms with Crippen LogP contribution in [0.15, 0.2) is 59.0 Å². The number of alkyl halides is 3. The van der Waals surface area contributed by atoms with E-state index in [9.17, 15) is 27.9 Å². The molecule has 3 heterocycles. The van der Waals surface area contributed by atoms with Gasteiger partial charge in [-0.3, -0.25) is 10.1 Å². The van der Waals surface area contributed by atoms with Gasteiger partial charge in [-0.25, -0.2) is 4.79 Å². The first-order valence-electron chi connectivity index (χ1n) is 11.3. The van der Waals surface area contributed by atoms with Gasteiger partial charge >= 0.3 is 12.1 Å². The van der Waals surface area contributed by atoms with Crippen molar-refractivity contribution in [2.24, 2.45) is 11.3 Å². The summed E-state index contributed by atoms with van der Waals surface area (Å²) in [6, 6.07) is -0.655. The smallest absolute Gasteiger partial charge is 0.416 e. The molecule has 3 unspecified atom stereocenters. The number of nitrogens with zero attached hydrogens (tertiary/aromatic N) is 1. The van der Waals surface area contributed by atoms with E-state index in [-0.39, 0.29) is 23.4 Å². The van der Waals surface area contributed by atoms with Crippen LogP contribution in [0.3, 0.4) is 0 Å². The van der Waals surface area contributed by atoms with Gasteiger partial charge in [0.15, 0.2) is 0 Å². The Balaban J connectivity index is 1.60. The zero-order valence-corrected chi connectivity index (χ0v) is 19.1. The minimum Gasteiger partial charge on any atom is -0.478 e. The lowest BCUT2D eigenvalue weighted by atomic mass is 9.78. The lowest BCUT2D eigenvalue weighted by Gasteiger charge is -2.45. The number of amides is 1. The number of nitrogens with one attached hydrogen (secondary N) is 3. The molecule has 4 rings (SSSR count). The third-order valence-corrected chi connectivity index (χ3v) is 6.89. The lowest BCUT2D eigenvalue weighted by molar-refractivity contribution is -0.133. The molecule has 1 fully saturated rings. The summed E-state index contributed by atoms with van der Waals surface area (Å²) in [5.41, 5.74) is 0.374. The molecule has 7 nitrogen and oxygen atoms in total. The minimum atomic E-state index is -4.55. The number of carboxylic acids is 1. The van der Waals surface area contributed by atoms with Crippen molar-refractivity contribution in [3.8, 4) is 0 Å². The first kappa shape index (κ1) is 24.1. The summed E-state index contributed by atoms with van der Waals surface area (Å²) in [7, 11) is 0. The first-order valence-corrected chi connectivity index (χ1v) is 11.3. The molecule has 1 aliphatic carbocycles. The van der Waals surface area contributed by atoms with Crippen LogP contribution in [0.4, 0.5) is 13.2 Å². The normalized spacial score (nSPS) is 28.6. The quantitative estimate of drug-likeness (QED) is 0.486. The summed E-state index contributed by atoms with van der Waals surface area (Å²) in [5, 5.41) is 18.1. The second-order valence-electron chi connectivity index (χ2n) is 9.84. The van der Waals surface area contributed by atoms with E-state index in [1.54, 1.807) is 12.3 Å². The van der Waals surface area contributed by atoms with Gasteiger partial charge in [0.1, 0.15) is 6.17 Å². The van der Waals surface area contributed by atoms with Crippen molar-refractivity contribution in [1.82, 2.24) is 20.9 Å². The molecule has 1 amide bonds. The number of allylic oxidation sites excluding steroid dienone is 4. The van der Waals surface area contributed by atoms with E-state index < -0.39 is 35.8 Å². The number of carbonyl (C=O) groups is 2. The van der Waals surface area contributed by atoms with Crippen molar-refractivity contribution in [3.05, 3.63) is 59.0 Å². The zero-order chi connectivity index (χ0) is 24.7.